The summed E-state index contributed by atoms with van der Waals surface area (Å²) < 4.78 is 27.5. The fraction of sp³-hybridized carbons (Fsp3) is 0.462. The van der Waals surface area contributed by atoms with Gasteiger partial charge in [0.05, 0.1) is 6.54 Å². The number of rotatable bonds is 5. The van der Waals surface area contributed by atoms with Crippen LogP contribution in [-0.4, -0.2) is 56.6 Å². The molecule has 1 amide bonds. The number of nitrogens with one attached hydrogen (secondary N) is 2. The first kappa shape index (κ1) is 16.7. The van der Waals surface area contributed by atoms with Crippen molar-refractivity contribution in [1.82, 2.24) is 14.5 Å². The molecule has 9 heteroatoms. The van der Waals surface area contributed by atoms with Crippen LogP contribution in [0, 0.1) is 6.92 Å². The molecule has 1 aromatic rings. The van der Waals surface area contributed by atoms with Crippen LogP contribution in [0.5, 0.6) is 0 Å². The standard InChI is InChI=1S/C13H20N4O4S/c1-11-2-4-12(5-3-11)16-6-8-17(9-7-16)22(20,21)14-10-13(18)15-19/h2-5,14,19H,6-10H2,1H3,(H,15,18). The molecule has 0 aliphatic carbocycles. The molecule has 1 heterocycles. The summed E-state index contributed by atoms with van der Waals surface area (Å²) in [4.78, 5) is 13.0. The van der Waals surface area contributed by atoms with E-state index in [2.05, 4.69) is 9.62 Å². The van der Waals surface area contributed by atoms with E-state index in [1.807, 2.05) is 31.2 Å². The number of hydrogen-bond donors (Lipinski definition) is 3. The highest BCUT2D eigenvalue weighted by molar-refractivity contribution is 7.87. The smallest absolute Gasteiger partial charge is 0.280 e. The lowest BCUT2D eigenvalue weighted by Gasteiger charge is -2.35. The van der Waals surface area contributed by atoms with Gasteiger partial charge in [0.15, 0.2) is 0 Å². The van der Waals surface area contributed by atoms with Gasteiger partial charge in [-0.1, -0.05) is 17.7 Å². The SMILES string of the molecule is Cc1ccc(N2CCN(S(=O)(=O)NCC(=O)NO)CC2)cc1. The second-order valence-corrected chi connectivity index (χ2v) is 6.84. The Bertz CT molecular complexity index is 609. The molecule has 0 aromatic heterocycles. The number of carbonyl (C=O) groups is 1. The molecule has 0 saturated carbocycles. The number of carbonyl (C=O) groups excluding carboxylic acids is 1. The lowest BCUT2D eigenvalue weighted by Crippen LogP contribution is -2.53. The van der Waals surface area contributed by atoms with Crippen molar-refractivity contribution >= 4 is 21.8 Å². The molecule has 22 heavy (non-hydrogen) atoms. The number of nitrogens with zero attached hydrogens (tertiary/aromatic N) is 2. The molecule has 0 radical (unpaired) electrons. The summed E-state index contributed by atoms with van der Waals surface area (Å²) in [5, 5.41) is 8.37. The molecule has 0 spiro atoms. The molecule has 8 nitrogen and oxygen atoms in total. The molecule has 1 aliphatic rings. The molecule has 2 rings (SSSR count). The van der Waals surface area contributed by atoms with Gasteiger partial charge in [-0.3, -0.25) is 10.0 Å². The fourth-order valence-electron chi connectivity index (χ4n) is 2.23. The highest BCUT2D eigenvalue weighted by atomic mass is 32.2. The lowest BCUT2D eigenvalue weighted by atomic mass is 10.2. The van der Waals surface area contributed by atoms with Gasteiger partial charge in [-0.15, -0.1) is 0 Å². The van der Waals surface area contributed by atoms with Gasteiger partial charge in [-0.2, -0.15) is 17.4 Å². The quantitative estimate of drug-likeness (QED) is 0.497. The molecule has 122 valence electrons. The Morgan fingerprint density at radius 2 is 1.77 bits per heavy atom. The monoisotopic (exact) mass is 328 g/mol. The fourth-order valence-corrected chi connectivity index (χ4v) is 3.37. The number of hydrogen-bond acceptors (Lipinski definition) is 5. The van der Waals surface area contributed by atoms with Gasteiger partial charge in [0.2, 0.25) is 0 Å². The molecule has 0 atom stereocenters. The Morgan fingerprint density at radius 1 is 1.18 bits per heavy atom. The predicted molar refractivity (Wildman–Crippen MR) is 81.8 cm³/mol. The number of amides is 1. The first-order valence-corrected chi connectivity index (χ1v) is 8.35. The van der Waals surface area contributed by atoms with Crippen LogP contribution < -0.4 is 15.1 Å². The maximum Gasteiger partial charge on any atom is 0.280 e. The van der Waals surface area contributed by atoms with Gasteiger partial charge >= 0.3 is 0 Å². The van der Waals surface area contributed by atoms with Crippen LogP contribution >= 0.6 is 0 Å². The van der Waals surface area contributed by atoms with Crippen molar-refractivity contribution in [3.8, 4) is 0 Å². The van der Waals surface area contributed by atoms with E-state index >= 15 is 0 Å². The van der Waals surface area contributed by atoms with Gasteiger partial charge in [-0.25, -0.2) is 5.48 Å². The van der Waals surface area contributed by atoms with E-state index in [1.54, 1.807) is 0 Å². The largest absolute Gasteiger partial charge is 0.369 e. The Kier molecular flexibility index (Phi) is 5.35. The number of benzene rings is 1. The summed E-state index contributed by atoms with van der Waals surface area (Å²) in [5.74, 6) is -0.804. The van der Waals surface area contributed by atoms with Crippen LogP contribution in [0.4, 0.5) is 5.69 Å². The third-order valence-electron chi connectivity index (χ3n) is 3.52. The van der Waals surface area contributed by atoms with Crippen molar-refractivity contribution in [3.63, 3.8) is 0 Å². The van der Waals surface area contributed by atoms with Gasteiger partial charge in [0.1, 0.15) is 0 Å². The van der Waals surface area contributed by atoms with Crippen molar-refractivity contribution in [1.29, 1.82) is 0 Å². The Hall–Kier alpha value is -1.68. The molecule has 1 fully saturated rings. The summed E-state index contributed by atoms with van der Waals surface area (Å²) >= 11 is 0. The van der Waals surface area contributed by atoms with Crippen molar-refractivity contribution < 1.29 is 18.4 Å². The number of aryl methyl sites for hydroxylation is 1. The molecular weight excluding hydrogens is 308 g/mol. The Balaban J connectivity index is 1.91. The van der Waals surface area contributed by atoms with E-state index in [9.17, 15) is 13.2 Å². The number of piperazine rings is 1. The predicted octanol–water partition coefficient (Wildman–Crippen LogP) is -0.543. The second kappa shape index (κ2) is 7.05. The second-order valence-electron chi connectivity index (χ2n) is 5.08. The van der Waals surface area contributed by atoms with Crippen LogP contribution in [0.2, 0.25) is 0 Å². The normalized spacial score (nSPS) is 16.5. The van der Waals surface area contributed by atoms with Crippen LogP contribution in [0.15, 0.2) is 24.3 Å². The minimum atomic E-state index is -3.72. The molecule has 0 unspecified atom stereocenters. The van der Waals surface area contributed by atoms with Gasteiger partial charge in [0, 0.05) is 31.9 Å². The zero-order chi connectivity index (χ0) is 16.2. The average Bonchev–Trinajstić information content (AvgIpc) is 2.53. The topological polar surface area (TPSA) is 102 Å². The van der Waals surface area contributed by atoms with E-state index < -0.39 is 22.7 Å². The molecule has 1 aliphatic heterocycles. The highest BCUT2D eigenvalue weighted by Gasteiger charge is 2.27. The van der Waals surface area contributed by atoms with E-state index in [4.69, 9.17) is 5.21 Å². The maximum absolute atomic E-state index is 12.0. The summed E-state index contributed by atoms with van der Waals surface area (Å²) in [6.07, 6.45) is 0. The summed E-state index contributed by atoms with van der Waals surface area (Å²) in [7, 11) is -3.72. The van der Waals surface area contributed by atoms with E-state index in [1.165, 1.54) is 15.3 Å². The molecule has 1 aromatic carbocycles. The number of anilines is 1. The lowest BCUT2D eigenvalue weighted by molar-refractivity contribution is -0.127. The van der Waals surface area contributed by atoms with Crippen molar-refractivity contribution in [3.05, 3.63) is 29.8 Å². The van der Waals surface area contributed by atoms with E-state index in [0.29, 0.717) is 26.2 Å². The zero-order valence-electron chi connectivity index (χ0n) is 12.3. The minimum Gasteiger partial charge on any atom is -0.369 e. The third kappa shape index (κ3) is 4.17. The Labute approximate surface area is 129 Å². The van der Waals surface area contributed by atoms with E-state index in [0.717, 1.165) is 5.69 Å². The van der Waals surface area contributed by atoms with Gasteiger partial charge in [0.25, 0.3) is 16.1 Å². The molecular formula is C13H20N4O4S. The number of hydroxylamine groups is 1. The first-order valence-electron chi connectivity index (χ1n) is 6.91. The van der Waals surface area contributed by atoms with Crippen LogP contribution in [0.25, 0.3) is 0 Å². The van der Waals surface area contributed by atoms with E-state index in [-0.39, 0.29) is 0 Å². The average molecular weight is 328 g/mol. The van der Waals surface area contributed by atoms with Gasteiger partial charge < -0.3 is 4.90 Å². The first-order chi connectivity index (χ1) is 10.4. The maximum atomic E-state index is 12.0. The summed E-state index contributed by atoms with van der Waals surface area (Å²) in [5.41, 5.74) is 3.62. The zero-order valence-corrected chi connectivity index (χ0v) is 13.1. The van der Waals surface area contributed by atoms with Gasteiger partial charge in [-0.05, 0) is 19.1 Å². The van der Waals surface area contributed by atoms with Crippen molar-refractivity contribution in [2.24, 2.45) is 0 Å². The van der Waals surface area contributed by atoms with Crippen molar-refractivity contribution in [2.45, 2.75) is 6.92 Å². The molecule has 1 saturated heterocycles. The van der Waals surface area contributed by atoms with Crippen molar-refractivity contribution in [2.75, 3.05) is 37.6 Å². The minimum absolute atomic E-state index is 0.337. The Morgan fingerprint density at radius 3 is 2.32 bits per heavy atom. The van der Waals surface area contributed by atoms with Crippen LogP contribution in [-0.2, 0) is 15.0 Å². The third-order valence-corrected chi connectivity index (χ3v) is 5.07. The molecule has 0 bridgehead atoms. The highest BCUT2D eigenvalue weighted by Crippen LogP contribution is 2.17. The summed E-state index contributed by atoms with van der Waals surface area (Å²) in [6, 6.07) is 8.08. The summed E-state index contributed by atoms with van der Waals surface area (Å²) in [6.45, 7) is 3.36. The van der Waals surface area contributed by atoms with Crippen LogP contribution in [0.1, 0.15) is 5.56 Å². The van der Waals surface area contributed by atoms with Crippen LogP contribution in [0.3, 0.4) is 0 Å². The molecule has 3 N–H and O–H groups in total.